The van der Waals surface area contributed by atoms with Crippen LogP contribution in [0.3, 0.4) is 0 Å². The molecule has 0 fully saturated rings. The Morgan fingerprint density at radius 2 is 1.29 bits per heavy atom. The quantitative estimate of drug-likeness (QED) is 0.234. The first-order valence-corrected chi connectivity index (χ1v) is 11.1. The van der Waals surface area contributed by atoms with E-state index in [9.17, 15) is 0 Å². The fourth-order valence-electron chi connectivity index (χ4n) is 2.02. The lowest BCUT2D eigenvalue weighted by atomic mass is 9.99. The Balaban J connectivity index is -0.000000554. The minimum Gasteiger partial charge on any atom is -0.288 e. The van der Waals surface area contributed by atoms with Crippen LogP contribution in [0.1, 0.15) is 54.9 Å². The van der Waals surface area contributed by atoms with E-state index in [2.05, 4.69) is 49.3 Å². The molecule has 31 heavy (non-hydrogen) atoms. The van der Waals surface area contributed by atoms with E-state index < -0.39 is 0 Å². The van der Waals surface area contributed by atoms with E-state index in [1.807, 2.05) is 78.0 Å². The highest BCUT2D eigenvalue weighted by Gasteiger charge is 2.08. The Labute approximate surface area is 194 Å². The van der Waals surface area contributed by atoms with Crippen LogP contribution in [-0.2, 0) is 0 Å². The average molecular weight is 423 g/mol. The maximum atomic E-state index is 4.43. The van der Waals surface area contributed by atoms with E-state index in [-0.39, 0.29) is 0 Å². The summed E-state index contributed by atoms with van der Waals surface area (Å²) in [5.74, 6) is 0. The third kappa shape index (κ3) is 20.1. The third-order valence-corrected chi connectivity index (χ3v) is 3.12. The lowest BCUT2D eigenvalue weighted by Crippen LogP contribution is -2.07. The van der Waals surface area contributed by atoms with Crippen molar-refractivity contribution in [3.63, 3.8) is 0 Å². The Morgan fingerprint density at radius 3 is 1.71 bits per heavy atom. The van der Waals surface area contributed by atoms with Crippen LogP contribution in [0, 0.1) is 0 Å². The van der Waals surface area contributed by atoms with Gasteiger partial charge in [-0.1, -0.05) is 136 Å². The van der Waals surface area contributed by atoms with Gasteiger partial charge in [0.2, 0.25) is 0 Å². The Morgan fingerprint density at radius 1 is 0.742 bits per heavy atom. The van der Waals surface area contributed by atoms with Crippen molar-refractivity contribution in [1.82, 2.24) is 0 Å². The summed E-state index contributed by atoms with van der Waals surface area (Å²) in [6.07, 6.45) is 23.1. The topological polar surface area (TPSA) is 24.7 Å². The van der Waals surface area contributed by atoms with Gasteiger partial charge in [0.05, 0.1) is 5.71 Å². The van der Waals surface area contributed by atoms with Crippen LogP contribution in [0.4, 0.5) is 0 Å². The molecule has 0 unspecified atom stereocenters. The molecule has 0 rings (SSSR count). The molecule has 0 saturated carbocycles. The van der Waals surface area contributed by atoms with Crippen molar-refractivity contribution in [1.29, 1.82) is 0 Å². The van der Waals surface area contributed by atoms with Crippen LogP contribution >= 0.6 is 0 Å². The molecule has 2 heteroatoms. The summed E-state index contributed by atoms with van der Waals surface area (Å²) in [5, 5.41) is 0. The molecule has 0 aromatic heterocycles. The maximum absolute atomic E-state index is 4.43. The summed E-state index contributed by atoms with van der Waals surface area (Å²) in [4.78, 5) is 8.53. The van der Waals surface area contributed by atoms with Gasteiger partial charge in [0.25, 0.3) is 0 Å². The fraction of sp³-hybridized carbons (Fsp3) is 0.310. The number of allylic oxidation sites excluding steroid dienone is 13. The first-order chi connectivity index (χ1) is 15.2. The van der Waals surface area contributed by atoms with Crippen molar-refractivity contribution in [2.75, 3.05) is 7.05 Å². The van der Waals surface area contributed by atoms with E-state index in [1.165, 1.54) is 6.20 Å². The maximum Gasteiger partial charge on any atom is 0.0690 e. The van der Waals surface area contributed by atoms with Crippen LogP contribution in [0.25, 0.3) is 0 Å². The van der Waals surface area contributed by atoms with E-state index in [0.717, 1.165) is 28.9 Å². The molecule has 172 valence electrons. The smallest absolute Gasteiger partial charge is 0.0690 e. The van der Waals surface area contributed by atoms with Crippen LogP contribution in [-0.4, -0.2) is 19.0 Å². The zero-order valence-corrected chi connectivity index (χ0v) is 21.4. The molecule has 0 spiro atoms. The largest absolute Gasteiger partial charge is 0.288 e. The second-order valence-electron chi connectivity index (χ2n) is 4.79. The van der Waals surface area contributed by atoms with E-state index in [0.29, 0.717) is 0 Å². The highest BCUT2D eigenvalue weighted by atomic mass is 14.7. The highest BCUT2D eigenvalue weighted by molar-refractivity contribution is 6.24. The lowest BCUT2D eigenvalue weighted by Gasteiger charge is -2.09. The van der Waals surface area contributed by atoms with Crippen molar-refractivity contribution in [2.24, 2.45) is 9.98 Å². The highest BCUT2D eigenvalue weighted by Crippen LogP contribution is 2.12. The molecule has 0 saturated heterocycles. The van der Waals surface area contributed by atoms with Gasteiger partial charge in [-0.15, -0.1) is 0 Å². The molecular formula is C29H46N2. The Kier molecular flexibility index (Phi) is 36.2. The molecule has 0 radical (unpaired) electrons. The van der Waals surface area contributed by atoms with Crippen molar-refractivity contribution in [3.8, 4) is 0 Å². The molecule has 0 aromatic carbocycles. The predicted octanol–water partition coefficient (Wildman–Crippen LogP) is 9.21. The van der Waals surface area contributed by atoms with Gasteiger partial charge >= 0.3 is 0 Å². The SMILES string of the molecule is C=C\C=C/C(/C=C/C=C(\CC)C(=NC)/C(C=NC=C)=C/C=C)=C\C=C.CC.CC.CC. The molecular weight excluding hydrogens is 376 g/mol. The van der Waals surface area contributed by atoms with Crippen LogP contribution < -0.4 is 0 Å². The summed E-state index contributed by atoms with van der Waals surface area (Å²) in [6, 6.07) is 0. The number of hydrogen-bond acceptors (Lipinski definition) is 2. The van der Waals surface area contributed by atoms with Crippen LogP contribution in [0.15, 0.2) is 120 Å². The van der Waals surface area contributed by atoms with E-state index in [4.69, 9.17) is 0 Å². The van der Waals surface area contributed by atoms with Gasteiger partial charge in [-0.05, 0) is 17.6 Å². The molecule has 0 atom stereocenters. The zero-order chi connectivity index (χ0) is 24.9. The summed E-state index contributed by atoms with van der Waals surface area (Å²) in [6.45, 7) is 28.9. The molecule has 0 aliphatic heterocycles. The lowest BCUT2D eigenvalue weighted by molar-refractivity contribution is 1.16. The van der Waals surface area contributed by atoms with E-state index >= 15 is 0 Å². The molecule has 0 aliphatic rings. The van der Waals surface area contributed by atoms with Crippen LogP contribution in [0.5, 0.6) is 0 Å². The summed E-state index contributed by atoms with van der Waals surface area (Å²) in [7, 11) is 1.77. The number of aliphatic imine (C=N–C) groups is 2. The van der Waals surface area contributed by atoms with Gasteiger partial charge < -0.3 is 0 Å². The van der Waals surface area contributed by atoms with Gasteiger partial charge in [0.1, 0.15) is 0 Å². The molecule has 2 nitrogen and oxygen atoms in total. The monoisotopic (exact) mass is 422 g/mol. The van der Waals surface area contributed by atoms with Gasteiger partial charge in [0, 0.05) is 25.0 Å². The zero-order valence-electron chi connectivity index (χ0n) is 21.4. The Bertz CT molecular complexity index is 676. The number of hydrogen-bond donors (Lipinski definition) is 0. The second kappa shape index (κ2) is 31.7. The molecule has 0 bridgehead atoms. The summed E-state index contributed by atoms with van der Waals surface area (Å²) in [5.41, 5.74) is 3.92. The summed E-state index contributed by atoms with van der Waals surface area (Å²) < 4.78 is 0. The van der Waals surface area contributed by atoms with Crippen molar-refractivity contribution in [2.45, 2.75) is 54.9 Å². The van der Waals surface area contributed by atoms with Gasteiger partial charge in [-0.3, -0.25) is 9.98 Å². The fourth-order valence-corrected chi connectivity index (χ4v) is 2.02. The summed E-state index contributed by atoms with van der Waals surface area (Å²) >= 11 is 0. The van der Waals surface area contributed by atoms with Crippen LogP contribution in [0.2, 0.25) is 0 Å². The molecule has 0 aliphatic carbocycles. The first-order valence-electron chi connectivity index (χ1n) is 11.1. The second-order valence-corrected chi connectivity index (χ2v) is 4.79. The van der Waals surface area contributed by atoms with Gasteiger partial charge in [-0.25, -0.2) is 0 Å². The number of rotatable bonds is 11. The first kappa shape index (κ1) is 35.4. The van der Waals surface area contributed by atoms with Crippen molar-refractivity contribution in [3.05, 3.63) is 110 Å². The third-order valence-electron chi connectivity index (χ3n) is 3.12. The molecule has 0 amide bonds. The van der Waals surface area contributed by atoms with Gasteiger partial charge in [0.15, 0.2) is 0 Å². The molecule has 0 N–H and O–H groups in total. The van der Waals surface area contributed by atoms with Crippen molar-refractivity contribution >= 4 is 11.9 Å². The molecule has 0 heterocycles. The van der Waals surface area contributed by atoms with E-state index in [1.54, 1.807) is 31.5 Å². The normalized spacial score (nSPS) is 12.3. The average Bonchev–Trinajstić information content (AvgIpc) is 2.83. The minimum atomic E-state index is 0.844. The minimum absolute atomic E-state index is 0.844. The Hall–Kier alpha value is -3.00. The van der Waals surface area contributed by atoms with Gasteiger partial charge in [-0.2, -0.15) is 0 Å². The standard InChI is InChI=1S/C23H28N2.3C2H6/c1-7-12-16-20(14-8-2)17-13-18-21(10-4)23(24-6)22(15-9-3)19-25-11-5;3*1-2/h7-9,11-19H,1-3,5,10H2,4,6H3;3*1-2H3/b16-12-,17-13+,20-14+,21-18+,22-15+,24-23?,25-19?;;;. The van der Waals surface area contributed by atoms with Crippen molar-refractivity contribution < 1.29 is 0 Å². The molecule has 0 aromatic rings. The number of nitrogens with zero attached hydrogens (tertiary/aromatic N) is 2. The predicted molar refractivity (Wildman–Crippen MR) is 150 cm³/mol.